The minimum atomic E-state index is -0.400. The van der Waals surface area contributed by atoms with E-state index in [2.05, 4.69) is 24.8 Å². The predicted molar refractivity (Wildman–Crippen MR) is 86.8 cm³/mol. The SMILES string of the molecule is C=C(CC1C=C2CC(C)CC1C2)C(N=O)c1ccccc1. The van der Waals surface area contributed by atoms with Gasteiger partial charge in [0.2, 0.25) is 0 Å². The minimum absolute atomic E-state index is 0.400. The Morgan fingerprint density at radius 2 is 2.10 bits per heavy atom. The molecule has 0 N–H and O–H groups in total. The van der Waals surface area contributed by atoms with Crippen LogP contribution in [0.2, 0.25) is 0 Å². The molecule has 2 aliphatic carbocycles. The van der Waals surface area contributed by atoms with Crippen molar-refractivity contribution in [3.05, 3.63) is 64.6 Å². The van der Waals surface area contributed by atoms with Crippen LogP contribution in [0.5, 0.6) is 0 Å². The lowest BCUT2D eigenvalue weighted by Gasteiger charge is -2.27. The fourth-order valence-corrected chi connectivity index (χ4v) is 4.10. The van der Waals surface area contributed by atoms with Gasteiger partial charge < -0.3 is 0 Å². The van der Waals surface area contributed by atoms with Crippen molar-refractivity contribution in [1.29, 1.82) is 0 Å². The number of fused-ring (bicyclic) bond motifs is 2. The summed E-state index contributed by atoms with van der Waals surface area (Å²) in [6.07, 6.45) is 7.17. The highest BCUT2D eigenvalue weighted by atomic mass is 16.3. The van der Waals surface area contributed by atoms with E-state index < -0.39 is 6.04 Å². The molecular formula is C19H23NO. The van der Waals surface area contributed by atoms with Crippen LogP contribution in [0.4, 0.5) is 0 Å². The van der Waals surface area contributed by atoms with Crippen molar-refractivity contribution in [2.24, 2.45) is 22.9 Å². The van der Waals surface area contributed by atoms with Gasteiger partial charge in [-0.05, 0) is 54.6 Å². The molecule has 1 aromatic carbocycles. The summed E-state index contributed by atoms with van der Waals surface area (Å²) in [4.78, 5) is 11.3. The zero-order valence-electron chi connectivity index (χ0n) is 12.7. The molecule has 2 bridgehead atoms. The van der Waals surface area contributed by atoms with E-state index >= 15 is 0 Å². The first-order valence-electron chi connectivity index (χ1n) is 7.92. The van der Waals surface area contributed by atoms with Crippen LogP contribution < -0.4 is 0 Å². The summed E-state index contributed by atoms with van der Waals surface area (Å²) in [5, 5.41) is 3.33. The molecule has 21 heavy (non-hydrogen) atoms. The third-order valence-electron chi connectivity index (χ3n) is 5.00. The van der Waals surface area contributed by atoms with Crippen LogP contribution >= 0.6 is 0 Å². The topological polar surface area (TPSA) is 29.4 Å². The van der Waals surface area contributed by atoms with E-state index in [1.807, 2.05) is 30.3 Å². The standard InChI is InChI=1S/C19H23NO/c1-13-8-15-11-17(9-13)18(12-15)10-14(2)19(20-21)16-6-4-3-5-7-16/h3-7,12-13,17-19H,2,8-11H2,1H3. The van der Waals surface area contributed by atoms with Crippen LogP contribution in [0.1, 0.15) is 44.2 Å². The Labute approximate surface area is 126 Å². The summed E-state index contributed by atoms with van der Waals surface area (Å²) >= 11 is 0. The van der Waals surface area contributed by atoms with Gasteiger partial charge in [0.15, 0.2) is 0 Å². The Bertz CT molecular complexity index is 560. The first-order chi connectivity index (χ1) is 10.2. The molecule has 4 unspecified atom stereocenters. The van der Waals surface area contributed by atoms with Crippen molar-refractivity contribution in [3.8, 4) is 0 Å². The lowest BCUT2D eigenvalue weighted by atomic mass is 9.78. The maximum absolute atomic E-state index is 11.3. The zero-order chi connectivity index (χ0) is 14.8. The maximum atomic E-state index is 11.3. The molecule has 110 valence electrons. The van der Waals surface area contributed by atoms with Crippen LogP contribution in [0.25, 0.3) is 0 Å². The Hall–Kier alpha value is -1.70. The first kappa shape index (κ1) is 14.2. The average Bonchev–Trinajstić information content (AvgIpc) is 2.75. The second kappa shape index (κ2) is 5.97. The van der Waals surface area contributed by atoms with Gasteiger partial charge in [0.05, 0.1) is 0 Å². The van der Waals surface area contributed by atoms with Gasteiger partial charge in [0, 0.05) is 0 Å². The molecule has 0 heterocycles. The molecule has 2 aliphatic rings. The van der Waals surface area contributed by atoms with Crippen molar-refractivity contribution < 1.29 is 0 Å². The summed E-state index contributed by atoms with van der Waals surface area (Å²) in [7, 11) is 0. The van der Waals surface area contributed by atoms with Crippen LogP contribution in [0, 0.1) is 22.7 Å². The fraction of sp³-hybridized carbons (Fsp3) is 0.474. The highest BCUT2D eigenvalue weighted by molar-refractivity contribution is 5.29. The van der Waals surface area contributed by atoms with Crippen LogP contribution in [0.3, 0.4) is 0 Å². The van der Waals surface area contributed by atoms with E-state index in [1.54, 1.807) is 5.57 Å². The Balaban J connectivity index is 1.70. The molecule has 1 saturated carbocycles. The van der Waals surface area contributed by atoms with Crippen LogP contribution in [-0.2, 0) is 0 Å². The fourth-order valence-electron chi connectivity index (χ4n) is 4.10. The molecule has 0 radical (unpaired) electrons. The molecule has 0 aromatic heterocycles. The van der Waals surface area contributed by atoms with Crippen LogP contribution in [0.15, 0.2) is 59.3 Å². The van der Waals surface area contributed by atoms with Gasteiger partial charge in [-0.2, -0.15) is 0 Å². The third kappa shape index (κ3) is 2.99. The van der Waals surface area contributed by atoms with E-state index in [-0.39, 0.29) is 0 Å². The van der Waals surface area contributed by atoms with Gasteiger partial charge in [0.25, 0.3) is 0 Å². The lowest BCUT2D eigenvalue weighted by molar-refractivity contribution is 0.302. The molecule has 2 heteroatoms. The molecule has 0 saturated heterocycles. The monoisotopic (exact) mass is 281 g/mol. The van der Waals surface area contributed by atoms with Gasteiger partial charge in [-0.1, -0.05) is 60.7 Å². The summed E-state index contributed by atoms with van der Waals surface area (Å²) in [5.41, 5.74) is 3.53. The number of nitroso groups, excluding NO2 is 1. The molecule has 0 aliphatic heterocycles. The van der Waals surface area contributed by atoms with Crippen molar-refractivity contribution in [3.63, 3.8) is 0 Å². The van der Waals surface area contributed by atoms with E-state index in [0.717, 1.165) is 29.4 Å². The molecule has 0 amide bonds. The second-order valence-electron chi connectivity index (χ2n) is 6.78. The van der Waals surface area contributed by atoms with Gasteiger partial charge in [-0.3, -0.25) is 0 Å². The van der Waals surface area contributed by atoms with Gasteiger partial charge in [-0.15, -0.1) is 4.91 Å². The normalized spacial score (nSPS) is 28.8. The van der Waals surface area contributed by atoms with Crippen molar-refractivity contribution in [2.75, 3.05) is 0 Å². The molecule has 1 aromatic rings. The van der Waals surface area contributed by atoms with Crippen molar-refractivity contribution >= 4 is 0 Å². The summed E-state index contributed by atoms with van der Waals surface area (Å²) in [6.45, 7) is 6.52. The van der Waals surface area contributed by atoms with E-state index in [9.17, 15) is 4.91 Å². The second-order valence-corrected chi connectivity index (χ2v) is 6.78. The molecule has 0 spiro atoms. The summed E-state index contributed by atoms with van der Waals surface area (Å²) < 4.78 is 0. The number of benzene rings is 1. The Kier molecular flexibility index (Phi) is 4.05. The maximum Gasteiger partial charge on any atom is 0.138 e. The quantitative estimate of drug-likeness (QED) is 0.522. The number of allylic oxidation sites excluding steroid dienone is 2. The van der Waals surface area contributed by atoms with Gasteiger partial charge >= 0.3 is 0 Å². The first-order valence-corrected chi connectivity index (χ1v) is 7.92. The van der Waals surface area contributed by atoms with Crippen LogP contribution in [-0.4, -0.2) is 0 Å². The van der Waals surface area contributed by atoms with E-state index in [1.165, 1.54) is 19.3 Å². The smallest absolute Gasteiger partial charge is 0.138 e. The van der Waals surface area contributed by atoms with Gasteiger partial charge in [0.1, 0.15) is 6.04 Å². The largest absolute Gasteiger partial charge is 0.150 e. The van der Waals surface area contributed by atoms with E-state index in [0.29, 0.717) is 5.92 Å². The molecule has 2 nitrogen and oxygen atoms in total. The molecule has 3 rings (SSSR count). The summed E-state index contributed by atoms with van der Waals surface area (Å²) in [5.74, 6) is 2.12. The predicted octanol–water partition coefficient (Wildman–Crippen LogP) is 5.43. The number of nitrogens with zero attached hydrogens (tertiary/aromatic N) is 1. The average molecular weight is 281 g/mol. The van der Waals surface area contributed by atoms with Gasteiger partial charge in [-0.25, -0.2) is 0 Å². The molecular weight excluding hydrogens is 258 g/mol. The highest BCUT2D eigenvalue weighted by Gasteiger charge is 2.34. The lowest BCUT2D eigenvalue weighted by Crippen LogP contribution is -2.16. The summed E-state index contributed by atoms with van der Waals surface area (Å²) in [6, 6.07) is 9.39. The third-order valence-corrected chi connectivity index (χ3v) is 5.00. The molecule has 4 atom stereocenters. The molecule has 1 fully saturated rings. The zero-order valence-corrected chi connectivity index (χ0v) is 12.7. The van der Waals surface area contributed by atoms with E-state index in [4.69, 9.17) is 0 Å². The minimum Gasteiger partial charge on any atom is -0.150 e. The van der Waals surface area contributed by atoms with Crippen molar-refractivity contribution in [2.45, 2.75) is 38.6 Å². The number of rotatable bonds is 5. The number of hydrogen-bond acceptors (Lipinski definition) is 2. The Morgan fingerprint density at radius 3 is 2.81 bits per heavy atom. The number of hydrogen-bond donors (Lipinski definition) is 0. The Morgan fingerprint density at radius 1 is 1.33 bits per heavy atom. The van der Waals surface area contributed by atoms with Crippen molar-refractivity contribution in [1.82, 2.24) is 0 Å². The highest BCUT2D eigenvalue weighted by Crippen LogP contribution is 2.46.